The van der Waals surface area contributed by atoms with Gasteiger partial charge in [-0.3, -0.25) is 33.8 Å². The van der Waals surface area contributed by atoms with Gasteiger partial charge in [0.25, 0.3) is 0 Å². The van der Waals surface area contributed by atoms with Crippen molar-refractivity contribution in [2.24, 2.45) is 45.3 Å². The molecule has 400 valence electrons. The predicted molar refractivity (Wildman–Crippen MR) is 270 cm³/mol. The average molecular weight is 1010 g/mol. The molecule has 0 radical (unpaired) electrons. The number of unbranched alkanes of at least 4 members (excludes halogenated alkanes) is 5. The summed E-state index contributed by atoms with van der Waals surface area (Å²) in [5, 5.41) is 32.3. The van der Waals surface area contributed by atoms with Gasteiger partial charge >= 0.3 is 12.0 Å². The molecular weight excluding hydrogens is 927 g/mol. The molecule has 0 bridgehead atoms. The molecule has 0 aromatic rings. The zero-order valence-electron chi connectivity index (χ0n) is 41.3. The number of hydrogen-bond donors (Lipinski definition) is 15. The second-order valence-corrected chi connectivity index (χ2v) is 19.7. The van der Waals surface area contributed by atoms with E-state index in [-0.39, 0.29) is 75.1 Å². The Kier molecular flexibility index (Phi) is 30.0. The van der Waals surface area contributed by atoms with Gasteiger partial charge in [0.05, 0.1) is 18.1 Å². The Bertz CT molecular complexity index is 1690. The minimum Gasteiger partial charge on any atom is -0.480 e. The van der Waals surface area contributed by atoms with E-state index in [0.29, 0.717) is 89.2 Å². The van der Waals surface area contributed by atoms with Gasteiger partial charge in [0.1, 0.15) is 30.2 Å². The van der Waals surface area contributed by atoms with E-state index in [1.165, 1.54) is 0 Å². The van der Waals surface area contributed by atoms with Crippen molar-refractivity contribution < 1.29 is 43.5 Å². The number of aliphatic imine (C=N–C) groups is 1. The highest BCUT2D eigenvalue weighted by Crippen LogP contribution is 2.33. The van der Waals surface area contributed by atoms with Crippen molar-refractivity contribution in [2.75, 3.05) is 38.5 Å². The van der Waals surface area contributed by atoms with Crippen LogP contribution in [0.25, 0.3) is 0 Å². The van der Waals surface area contributed by atoms with E-state index < -0.39 is 77.7 Å². The molecule has 21 N–H and O–H groups in total. The Hall–Kier alpha value is -4.98. The molecule has 8 amide bonds. The highest BCUT2D eigenvalue weighted by molar-refractivity contribution is 8.00. The van der Waals surface area contributed by atoms with Crippen molar-refractivity contribution in [3.8, 4) is 0 Å². The van der Waals surface area contributed by atoms with Gasteiger partial charge in [-0.25, -0.2) is 9.59 Å². The summed E-state index contributed by atoms with van der Waals surface area (Å²) in [6, 6.07) is -6.66. The third kappa shape index (κ3) is 23.8. The fraction of sp³-hybridized carbons (Fsp3) is 0.800. The Morgan fingerprint density at radius 3 is 1.63 bits per heavy atom. The highest BCUT2D eigenvalue weighted by Gasteiger charge is 2.42. The van der Waals surface area contributed by atoms with E-state index >= 15 is 0 Å². The van der Waals surface area contributed by atoms with Crippen molar-refractivity contribution in [2.45, 2.75) is 183 Å². The zero-order valence-corrected chi connectivity index (χ0v) is 42.1. The first-order chi connectivity index (χ1) is 33.4. The lowest BCUT2D eigenvalue weighted by Crippen LogP contribution is -2.59. The number of nitrogens with zero attached hydrogens (tertiary/aromatic N) is 1. The number of nitrogens with two attached hydrogens (primary N) is 6. The molecule has 2 saturated heterocycles. The maximum Gasteiger partial charge on any atom is 0.326 e. The Labute approximate surface area is 416 Å². The monoisotopic (exact) mass is 1010 g/mol. The second kappa shape index (κ2) is 34.4. The van der Waals surface area contributed by atoms with Crippen LogP contribution in [0, 0.1) is 5.92 Å². The summed E-state index contributed by atoms with van der Waals surface area (Å²) in [7, 11) is 0. The van der Waals surface area contributed by atoms with Crippen molar-refractivity contribution in [3.05, 3.63) is 0 Å². The normalized spacial score (nSPS) is 18.7. The van der Waals surface area contributed by atoms with Gasteiger partial charge in [-0.15, -0.1) is 0 Å². The van der Waals surface area contributed by atoms with Crippen LogP contribution in [0.2, 0.25) is 0 Å². The quantitative estimate of drug-likeness (QED) is 0.0137. The number of urea groups is 1. The van der Waals surface area contributed by atoms with Crippen LogP contribution in [-0.4, -0.2) is 151 Å². The first-order valence-electron chi connectivity index (χ1n) is 25.0. The van der Waals surface area contributed by atoms with Gasteiger partial charge in [-0.2, -0.15) is 11.8 Å². The van der Waals surface area contributed by atoms with Gasteiger partial charge in [-0.05, 0) is 128 Å². The first-order valence-corrected chi connectivity index (χ1v) is 26.1. The van der Waals surface area contributed by atoms with E-state index in [1.54, 1.807) is 13.8 Å². The molecule has 9 atom stereocenters. The molecule has 24 nitrogen and oxygen atoms in total. The smallest absolute Gasteiger partial charge is 0.326 e. The lowest BCUT2D eigenvalue weighted by molar-refractivity contribution is -0.143. The van der Waals surface area contributed by atoms with Gasteiger partial charge in [0, 0.05) is 30.5 Å². The van der Waals surface area contributed by atoms with Crippen LogP contribution in [-0.2, 0) is 33.6 Å². The number of rotatable bonds is 38. The van der Waals surface area contributed by atoms with Gasteiger partial charge in [0.15, 0.2) is 5.96 Å². The summed E-state index contributed by atoms with van der Waals surface area (Å²) in [4.78, 5) is 109. The molecule has 0 aliphatic carbocycles. The van der Waals surface area contributed by atoms with Crippen molar-refractivity contribution in [1.29, 1.82) is 0 Å². The van der Waals surface area contributed by atoms with E-state index in [1.807, 2.05) is 11.8 Å². The standard InChI is InChI=1S/C45H85N15O9S/c1-27(2)36(43(67)68)59-42(66)31(17-7-11-23-48)56-41(65)32(18-13-25-53-44(50)51)57-40(64)30(16-6-10-22-47)55-39(63)29(15-5-9-21-46)54-38(62)28(49)14-8-12-24-52-35(61)20-4-3-19-34-37-33(26-70-34)58-45(69)60-37/h27-34,36-37H,3-26,46-49H2,1-2H3,(H,52,61)(H,54,62)(H,55,63)(H,56,65)(H,57,64)(H,59,66)(H,67,68)(H4,50,51,53)(H2,58,60,69)/t28-,29-,30-,31-,32-,33-,34-,36-,37-/m0/s1. The molecule has 2 fully saturated rings. The Balaban J connectivity index is 2.07. The lowest BCUT2D eigenvalue weighted by atomic mass is 10.0. The van der Waals surface area contributed by atoms with Crippen molar-refractivity contribution in [1.82, 2.24) is 42.5 Å². The number of carboxylic acids is 1. The second-order valence-electron chi connectivity index (χ2n) is 18.4. The fourth-order valence-corrected chi connectivity index (χ4v) is 9.67. The third-order valence-electron chi connectivity index (χ3n) is 12.2. The van der Waals surface area contributed by atoms with E-state index in [0.717, 1.165) is 25.0 Å². The van der Waals surface area contributed by atoms with Gasteiger partial charge < -0.3 is 82.0 Å². The number of thioether (sulfide) groups is 1. The van der Waals surface area contributed by atoms with Crippen LogP contribution in [0.4, 0.5) is 4.79 Å². The largest absolute Gasteiger partial charge is 0.480 e. The van der Waals surface area contributed by atoms with Crippen molar-refractivity contribution in [3.63, 3.8) is 0 Å². The summed E-state index contributed by atoms with van der Waals surface area (Å²) >= 11 is 1.84. The number of fused-ring (bicyclic) bond motifs is 1. The van der Waals surface area contributed by atoms with Crippen LogP contribution in [0.3, 0.4) is 0 Å². The molecule has 70 heavy (non-hydrogen) atoms. The van der Waals surface area contributed by atoms with Gasteiger partial charge in [0.2, 0.25) is 35.4 Å². The summed E-state index contributed by atoms with van der Waals surface area (Å²) in [5.41, 5.74) is 34.4. The molecule has 2 aliphatic heterocycles. The molecule has 0 aromatic carbocycles. The van der Waals surface area contributed by atoms with E-state index in [9.17, 15) is 43.5 Å². The Morgan fingerprint density at radius 2 is 1.14 bits per heavy atom. The lowest BCUT2D eigenvalue weighted by Gasteiger charge is -2.27. The van der Waals surface area contributed by atoms with E-state index in [2.05, 4.69) is 47.5 Å². The fourth-order valence-electron chi connectivity index (χ4n) is 8.13. The van der Waals surface area contributed by atoms with Crippen molar-refractivity contribution >= 4 is 65.2 Å². The number of carbonyl (C=O) groups is 8. The van der Waals surface area contributed by atoms with Gasteiger partial charge in [-0.1, -0.05) is 20.3 Å². The van der Waals surface area contributed by atoms with E-state index in [4.69, 9.17) is 34.4 Å². The average Bonchev–Trinajstić information content (AvgIpc) is 3.87. The minimum atomic E-state index is -1.25. The third-order valence-corrected chi connectivity index (χ3v) is 13.7. The molecule has 2 aliphatic rings. The molecule has 0 unspecified atom stereocenters. The summed E-state index contributed by atoms with van der Waals surface area (Å²) in [6.45, 7) is 4.79. The summed E-state index contributed by atoms with van der Waals surface area (Å²) in [5.74, 6) is -4.41. The zero-order chi connectivity index (χ0) is 52.0. The number of carboxylic acid groups (broad SMARTS) is 1. The molecule has 0 spiro atoms. The number of nitrogens with one attached hydrogen (secondary N) is 8. The number of aliphatic carboxylic acids is 1. The highest BCUT2D eigenvalue weighted by atomic mass is 32.2. The molecule has 0 aromatic heterocycles. The van der Waals surface area contributed by atoms with Crippen LogP contribution in [0.15, 0.2) is 4.99 Å². The number of guanidine groups is 1. The van der Waals surface area contributed by atoms with Crippen LogP contribution in [0.5, 0.6) is 0 Å². The molecule has 2 heterocycles. The summed E-state index contributed by atoms with van der Waals surface area (Å²) < 4.78 is 0. The predicted octanol–water partition coefficient (Wildman–Crippen LogP) is -2.07. The molecular formula is C45H85N15O9S. The number of carbonyl (C=O) groups excluding carboxylic acids is 7. The topological polar surface area (TPSA) is 422 Å². The molecule has 0 saturated carbocycles. The van der Waals surface area contributed by atoms with Crippen LogP contribution in [0.1, 0.15) is 129 Å². The van der Waals surface area contributed by atoms with Crippen LogP contribution >= 0.6 is 11.8 Å². The number of hydrogen-bond acceptors (Lipinski definition) is 14. The molecule has 2 rings (SSSR count). The molecule has 25 heteroatoms. The first kappa shape index (κ1) is 61.1. The maximum atomic E-state index is 14.1. The number of amides is 8. The minimum absolute atomic E-state index is 0.0171. The SMILES string of the molecule is CC(C)[C@H](NC(=O)[C@H](CCCCN)NC(=O)[C@H](CCCN=C(N)N)NC(=O)[C@H](CCCCN)NC(=O)[C@H](CCCCN)NC(=O)[C@@H](N)CCCCNC(=O)CCCC[C@@H]1SC[C@@H]2NC(=O)N[C@@H]21)C(=O)O. The summed E-state index contributed by atoms with van der Waals surface area (Å²) in [6.07, 6.45) is 7.99. The van der Waals surface area contributed by atoms with Crippen LogP contribution < -0.4 is 76.9 Å². The Morgan fingerprint density at radius 1 is 0.657 bits per heavy atom. The maximum absolute atomic E-state index is 14.1.